The van der Waals surface area contributed by atoms with Gasteiger partial charge >= 0.3 is 0 Å². The summed E-state index contributed by atoms with van der Waals surface area (Å²) in [5.41, 5.74) is 6.25. The maximum atomic E-state index is 13.1. The Kier molecular flexibility index (Phi) is 2.39. The van der Waals surface area contributed by atoms with Gasteiger partial charge in [-0.25, -0.2) is 8.78 Å². The molecule has 0 aromatic heterocycles. The number of rotatable bonds is 2. The van der Waals surface area contributed by atoms with Gasteiger partial charge in [0.2, 0.25) is 0 Å². The number of piperidine rings is 1. The Hall–Kier alpha value is -1.85. The third kappa shape index (κ3) is 1.60. The number of nitrogens with zero attached hydrogens (tertiary/aromatic N) is 2. The molecular weight excluding hydrogens is 240 g/mol. The third-order valence-electron chi connectivity index (χ3n) is 3.92. The largest absolute Gasteiger partial charge is 0.409 e. The predicted octanol–water partition coefficient (Wildman–Crippen LogP) is 1.39. The van der Waals surface area contributed by atoms with Gasteiger partial charge in [0, 0.05) is 30.8 Å². The van der Waals surface area contributed by atoms with E-state index in [1.54, 1.807) is 6.07 Å². The minimum absolute atomic E-state index is 0.136. The molecule has 0 amide bonds. The number of amidine groups is 1. The molecule has 1 saturated carbocycles. The molecule has 0 spiro atoms. The molecule has 3 N–H and O–H groups in total. The average molecular weight is 253 g/mol. The van der Waals surface area contributed by atoms with Crippen LogP contribution in [0.1, 0.15) is 0 Å². The Balaban J connectivity index is 1.71. The van der Waals surface area contributed by atoms with Crippen molar-refractivity contribution < 1.29 is 14.0 Å². The Morgan fingerprint density at radius 1 is 1.28 bits per heavy atom. The van der Waals surface area contributed by atoms with E-state index >= 15 is 0 Å². The van der Waals surface area contributed by atoms with Crippen LogP contribution in [0.3, 0.4) is 0 Å². The number of nitrogens with two attached hydrogens (primary N) is 1. The number of hydrogen-bond acceptors (Lipinski definition) is 3. The van der Waals surface area contributed by atoms with E-state index in [9.17, 15) is 8.78 Å². The first-order valence-electron chi connectivity index (χ1n) is 5.79. The average Bonchev–Trinajstić information content (AvgIpc) is 2.86. The highest BCUT2D eigenvalue weighted by Crippen LogP contribution is 2.52. The molecule has 96 valence electrons. The summed E-state index contributed by atoms with van der Waals surface area (Å²) in [7, 11) is 0. The molecule has 4 nitrogen and oxygen atoms in total. The maximum Gasteiger partial charge on any atom is 0.160 e. The fraction of sp³-hybridized carbons (Fsp3) is 0.417. The molecule has 3 rings (SSSR count). The quantitative estimate of drug-likeness (QED) is 0.362. The molecule has 3 atom stereocenters. The number of hydrogen-bond donors (Lipinski definition) is 2. The SMILES string of the molecule is N/C(=N\O)C1[C@H]2CN(c3ccc(F)c(F)c3)C[C@@H]12. The van der Waals surface area contributed by atoms with Crippen LogP contribution in [0.4, 0.5) is 14.5 Å². The third-order valence-corrected chi connectivity index (χ3v) is 3.92. The zero-order valence-corrected chi connectivity index (χ0v) is 9.55. The van der Waals surface area contributed by atoms with Crippen LogP contribution >= 0.6 is 0 Å². The second-order valence-corrected chi connectivity index (χ2v) is 4.88. The number of anilines is 1. The standard InChI is InChI=1S/C12H13F2N3O/c13-9-2-1-6(3-10(9)14)17-4-7-8(5-17)11(7)12(15)16-18/h1-3,7-8,11,18H,4-5H2,(H2,15,16)/t7-,8+,11?. The summed E-state index contributed by atoms with van der Waals surface area (Å²) in [5, 5.41) is 11.6. The summed E-state index contributed by atoms with van der Waals surface area (Å²) >= 11 is 0. The van der Waals surface area contributed by atoms with Gasteiger partial charge in [0.1, 0.15) is 5.84 Å². The highest BCUT2D eigenvalue weighted by atomic mass is 19.2. The van der Waals surface area contributed by atoms with Crippen molar-refractivity contribution in [2.45, 2.75) is 0 Å². The van der Waals surface area contributed by atoms with Gasteiger partial charge in [0.05, 0.1) is 0 Å². The van der Waals surface area contributed by atoms with Crippen LogP contribution in [0.2, 0.25) is 0 Å². The van der Waals surface area contributed by atoms with E-state index in [1.807, 2.05) is 4.90 Å². The van der Waals surface area contributed by atoms with E-state index < -0.39 is 11.6 Å². The molecular formula is C12H13F2N3O. The zero-order valence-electron chi connectivity index (χ0n) is 9.55. The minimum Gasteiger partial charge on any atom is -0.409 e. The van der Waals surface area contributed by atoms with Gasteiger partial charge in [-0.15, -0.1) is 0 Å². The Morgan fingerprint density at radius 2 is 1.94 bits per heavy atom. The molecule has 1 aromatic carbocycles. The molecule has 1 aromatic rings. The summed E-state index contributed by atoms with van der Waals surface area (Å²) in [6.07, 6.45) is 0. The monoisotopic (exact) mass is 253 g/mol. The van der Waals surface area contributed by atoms with Crippen LogP contribution in [-0.2, 0) is 0 Å². The van der Waals surface area contributed by atoms with E-state index in [2.05, 4.69) is 5.16 Å². The van der Waals surface area contributed by atoms with Gasteiger partial charge in [-0.2, -0.15) is 0 Å². The zero-order chi connectivity index (χ0) is 12.9. The maximum absolute atomic E-state index is 13.1. The molecule has 2 fully saturated rings. The van der Waals surface area contributed by atoms with Crippen LogP contribution in [0, 0.1) is 29.4 Å². The van der Waals surface area contributed by atoms with Crippen molar-refractivity contribution in [2.24, 2.45) is 28.6 Å². The number of fused-ring (bicyclic) bond motifs is 1. The number of oxime groups is 1. The van der Waals surface area contributed by atoms with E-state index in [1.165, 1.54) is 6.07 Å². The van der Waals surface area contributed by atoms with Crippen molar-refractivity contribution in [3.05, 3.63) is 29.8 Å². The van der Waals surface area contributed by atoms with Crippen molar-refractivity contribution in [1.29, 1.82) is 0 Å². The predicted molar refractivity (Wildman–Crippen MR) is 62.4 cm³/mol. The first kappa shape index (κ1) is 11.3. The lowest BCUT2D eigenvalue weighted by Crippen LogP contribution is -2.28. The Labute approximate surface area is 103 Å². The lowest BCUT2D eigenvalue weighted by molar-refractivity contribution is 0.315. The molecule has 0 bridgehead atoms. The summed E-state index contributed by atoms with van der Waals surface area (Å²) in [6, 6.07) is 3.91. The van der Waals surface area contributed by atoms with Crippen LogP contribution in [0.25, 0.3) is 0 Å². The molecule has 2 aliphatic rings. The molecule has 0 radical (unpaired) electrons. The summed E-state index contributed by atoms with van der Waals surface area (Å²) in [6.45, 7) is 1.47. The molecule has 6 heteroatoms. The highest BCUT2D eigenvalue weighted by molar-refractivity contribution is 5.86. The molecule has 18 heavy (non-hydrogen) atoms. The van der Waals surface area contributed by atoms with E-state index in [0.717, 1.165) is 19.2 Å². The summed E-state index contributed by atoms with van der Waals surface area (Å²) in [5.74, 6) is -0.548. The van der Waals surface area contributed by atoms with Crippen molar-refractivity contribution in [1.82, 2.24) is 0 Å². The topological polar surface area (TPSA) is 61.9 Å². The summed E-state index contributed by atoms with van der Waals surface area (Å²) < 4.78 is 26.0. The van der Waals surface area contributed by atoms with Crippen LogP contribution in [0.15, 0.2) is 23.4 Å². The first-order chi connectivity index (χ1) is 8.61. The van der Waals surface area contributed by atoms with Crippen LogP contribution in [0.5, 0.6) is 0 Å². The van der Waals surface area contributed by atoms with E-state index in [4.69, 9.17) is 10.9 Å². The number of benzene rings is 1. The van der Waals surface area contributed by atoms with Crippen molar-refractivity contribution >= 4 is 11.5 Å². The van der Waals surface area contributed by atoms with Crippen molar-refractivity contribution in [3.63, 3.8) is 0 Å². The first-order valence-corrected chi connectivity index (χ1v) is 5.79. The second kappa shape index (κ2) is 3.83. The lowest BCUT2D eigenvalue weighted by atomic mass is 10.2. The Bertz CT molecular complexity index is 508. The molecule has 1 heterocycles. The van der Waals surface area contributed by atoms with Crippen LogP contribution < -0.4 is 10.6 Å². The van der Waals surface area contributed by atoms with Gasteiger partial charge < -0.3 is 15.8 Å². The van der Waals surface area contributed by atoms with E-state index in [-0.39, 0.29) is 11.8 Å². The van der Waals surface area contributed by atoms with Gasteiger partial charge in [-0.3, -0.25) is 0 Å². The molecule has 1 saturated heterocycles. The fourth-order valence-corrected chi connectivity index (χ4v) is 2.92. The Morgan fingerprint density at radius 3 is 2.50 bits per heavy atom. The smallest absolute Gasteiger partial charge is 0.160 e. The highest BCUT2D eigenvalue weighted by Gasteiger charge is 2.58. The molecule has 1 unspecified atom stereocenters. The molecule has 1 aliphatic heterocycles. The van der Waals surface area contributed by atoms with Gasteiger partial charge in [-0.1, -0.05) is 5.16 Å². The van der Waals surface area contributed by atoms with Gasteiger partial charge in [0.25, 0.3) is 0 Å². The van der Waals surface area contributed by atoms with Crippen LogP contribution in [-0.4, -0.2) is 24.1 Å². The fourth-order valence-electron chi connectivity index (χ4n) is 2.92. The normalized spacial score (nSPS) is 30.4. The van der Waals surface area contributed by atoms with Crippen molar-refractivity contribution in [2.75, 3.05) is 18.0 Å². The van der Waals surface area contributed by atoms with E-state index in [0.29, 0.717) is 17.5 Å². The minimum atomic E-state index is -0.836. The van der Waals surface area contributed by atoms with Crippen molar-refractivity contribution in [3.8, 4) is 0 Å². The number of halogens is 2. The second-order valence-electron chi connectivity index (χ2n) is 4.88. The van der Waals surface area contributed by atoms with Gasteiger partial charge in [0.15, 0.2) is 11.6 Å². The molecule has 1 aliphatic carbocycles. The summed E-state index contributed by atoms with van der Waals surface area (Å²) in [4.78, 5) is 2.00. The van der Waals surface area contributed by atoms with Gasteiger partial charge in [-0.05, 0) is 24.0 Å². The lowest BCUT2D eigenvalue weighted by Gasteiger charge is -2.21.